The van der Waals surface area contributed by atoms with Crippen LogP contribution in [0.5, 0.6) is 5.75 Å². The Morgan fingerprint density at radius 3 is 2.40 bits per heavy atom. The molecule has 1 heterocycles. The van der Waals surface area contributed by atoms with Crippen molar-refractivity contribution < 1.29 is 9.53 Å². The van der Waals surface area contributed by atoms with Crippen molar-refractivity contribution in [3.05, 3.63) is 40.1 Å². The fourth-order valence-corrected chi connectivity index (χ4v) is 3.51. The summed E-state index contributed by atoms with van der Waals surface area (Å²) in [5.41, 5.74) is 4.64. The Labute approximate surface area is 155 Å². The van der Waals surface area contributed by atoms with Crippen LogP contribution in [0.2, 0.25) is 0 Å². The molecule has 0 radical (unpaired) electrons. The van der Waals surface area contributed by atoms with E-state index in [9.17, 15) is 4.79 Å². The molecule has 1 aromatic carbocycles. The third-order valence-electron chi connectivity index (χ3n) is 4.64. The number of carbonyl (C=O) groups is 1. The van der Waals surface area contributed by atoms with E-state index in [2.05, 4.69) is 16.7 Å². The maximum Gasteiger partial charge on any atom is 0.253 e. The van der Waals surface area contributed by atoms with E-state index in [1.807, 2.05) is 45.6 Å². The lowest BCUT2D eigenvalue weighted by molar-refractivity contribution is -0.127. The molecule has 2 N–H and O–H groups in total. The zero-order valence-corrected chi connectivity index (χ0v) is 16.6. The smallest absolute Gasteiger partial charge is 0.253 e. The van der Waals surface area contributed by atoms with Crippen LogP contribution in [0, 0.1) is 13.8 Å². The number of methoxy groups -OCH3 is 1. The minimum absolute atomic E-state index is 0.0304. The topological polar surface area (TPSA) is 53.6 Å². The fourth-order valence-electron chi connectivity index (χ4n) is 3.23. The van der Waals surface area contributed by atoms with E-state index in [1.165, 1.54) is 0 Å². The van der Waals surface area contributed by atoms with Crippen LogP contribution >= 0.6 is 12.2 Å². The van der Waals surface area contributed by atoms with E-state index in [0.29, 0.717) is 23.8 Å². The molecule has 1 amide bonds. The highest BCUT2D eigenvalue weighted by Gasteiger charge is 2.32. The van der Waals surface area contributed by atoms with Crippen molar-refractivity contribution in [1.82, 2.24) is 15.5 Å². The number of likely N-dealkylation sites (N-methyl/N-ethyl adjacent to an activating group) is 1. The van der Waals surface area contributed by atoms with Gasteiger partial charge in [-0.15, -0.1) is 0 Å². The molecule has 1 aliphatic rings. The zero-order valence-electron chi connectivity index (χ0n) is 15.8. The second-order valence-electron chi connectivity index (χ2n) is 6.23. The second kappa shape index (κ2) is 7.87. The summed E-state index contributed by atoms with van der Waals surface area (Å²) in [6.07, 6.45) is 0. The monoisotopic (exact) mass is 361 g/mol. The van der Waals surface area contributed by atoms with Crippen LogP contribution in [-0.2, 0) is 4.79 Å². The van der Waals surface area contributed by atoms with E-state index in [4.69, 9.17) is 17.0 Å². The molecule has 1 aliphatic heterocycles. The Morgan fingerprint density at radius 1 is 1.20 bits per heavy atom. The van der Waals surface area contributed by atoms with E-state index >= 15 is 0 Å². The molecule has 1 atom stereocenters. The second-order valence-corrected chi connectivity index (χ2v) is 6.63. The molecule has 136 valence electrons. The maximum atomic E-state index is 13.1. The van der Waals surface area contributed by atoms with Gasteiger partial charge < -0.3 is 20.3 Å². The molecule has 1 unspecified atom stereocenters. The number of aryl methyl sites for hydroxylation is 2. The van der Waals surface area contributed by atoms with Crippen molar-refractivity contribution >= 4 is 23.2 Å². The first-order valence-electron chi connectivity index (χ1n) is 8.56. The standard InChI is InChI=1S/C19H27N3O2S/c1-7-22(8-2)18(23)16-13(5)20-19(25)21-17(16)14-9-12(4)15(24-6)10-11(14)3/h9-10,17H,7-8H2,1-6H3,(H2,20,21,25). The van der Waals surface area contributed by atoms with Gasteiger partial charge in [-0.1, -0.05) is 0 Å². The first kappa shape index (κ1) is 19.2. The molecule has 25 heavy (non-hydrogen) atoms. The largest absolute Gasteiger partial charge is 0.496 e. The normalized spacial score (nSPS) is 17.0. The summed E-state index contributed by atoms with van der Waals surface area (Å²) in [5.74, 6) is 0.873. The molecule has 5 nitrogen and oxygen atoms in total. The summed E-state index contributed by atoms with van der Waals surface area (Å²) in [7, 11) is 1.67. The summed E-state index contributed by atoms with van der Waals surface area (Å²) in [5, 5.41) is 6.91. The number of nitrogens with zero attached hydrogens (tertiary/aromatic N) is 1. The van der Waals surface area contributed by atoms with Gasteiger partial charge in [-0.3, -0.25) is 4.79 Å². The van der Waals surface area contributed by atoms with Crippen molar-refractivity contribution in [2.75, 3.05) is 20.2 Å². The van der Waals surface area contributed by atoms with Crippen LogP contribution in [0.1, 0.15) is 43.5 Å². The quantitative estimate of drug-likeness (QED) is 0.790. The molecular weight excluding hydrogens is 334 g/mol. The van der Waals surface area contributed by atoms with Crippen molar-refractivity contribution in [3.63, 3.8) is 0 Å². The summed E-state index contributed by atoms with van der Waals surface area (Å²) >= 11 is 5.34. The van der Waals surface area contributed by atoms with Crippen molar-refractivity contribution in [1.29, 1.82) is 0 Å². The van der Waals surface area contributed by atoms with E-state index in [0.717, 1.165) is 28.1 Å². The predicted molar refractivity (Wildman–Crippen MR) is 105 cm³/mol. The molecule has 0 bridgehead atoms. The van der Waals surface area contributed by atoms with Gasteiger partial charge in [0.2, 0.25) is 0 Å². The van der Waals surface area contributed by atoms with Crippen molar-refractivity contribution in [3.8, 4) is 5.75 Å². The Bertz CT molecular complexity index is 724. The minimum atomic E-state index is -0.272. The number of rotatable bonds is 5. The Hall–Kier alpha value is -2.08. The lowest BCUT2D eigenvalue weighted by atomic mass is 9.90. The predicted octanol–water partition coefficient (Wildman–Crippen LogP) is 2.97. The van der Waals surface area contributed by atoms with Gasteiger partial charge >= 0.3 is 0 Å². The van der Waals surface area contributed by atoms with Gasteiger partial charge in [0.05, 0.1) is 18.7 Å². The van der Waals surface area contributed by atoms with Gasteiger partial charge in [0, 0.05) is 18.8 Å². The van der Waals surface area contributed by atoms with Gasteiger partial charge in [0.15, 0.2) is 5.11 Å². The molecule has 1 aromatic rings. The van der Waals surface area contributed by atoms with Crippen LogP contribution in [0.25, 0.3) is 0 Å². The van der Waals surface area contributed by atoms with Gasteiger partial charge in [-0.25, -0.2) is 0 Å². The molecule has 0 aliphatic carbocycles. The van der Waals surface area contributed by atoms with Crippen LogP contribution in [0.4, 0.5) is 0 Å². The zero-order chi connectivity index (χ0) is 18.7. The first-order chi connectivity index (χ1) is 11.8. The van der Waals surface area contributed by atoms with Crippen LogP contribution in [0.3, 0.4) is 0 Å². The molecule has 6 heteroatoms. The highest BCUT2D eigenvalue weighted by atomic mass is 32.1. The highest BCUT2D eigenvalue weighted by molar-refractivity contribution is 7.80. The average molecular weight is 362 g/mol. The van der Waals surface area contributed by atoms with Gasteiger partial charge in [0.25, 0.3) is 5.91 Å². The summed E-state index contributed by atoms with van der Waals surface area (Å²) < 4.78 is 5.41. The van der Waals surface area contributed by atoms with E-state index in [-0.39, 0.29) is 11.9 Å². The number of nitrogens with one attached hydrogen (secondary N) is 2. The molecular formula is C19H27N3O2S. The highest BCUT2D eigenvalue weighted by Crippen LogP contribution is 2.33. The number of hydrogen-bond donors (Lipinski definition) is 2. The SMILES string of the molecule is CCN(CC)C(=O)C1=C(C)NC(=S)NC1c1cc(C)c(OC)cc1C. The van der Waals surface area contributed by atoms with E-state index in [1.54, 1.807) is 7.11 Å². The van der Waals surface area contributed by atoms with Crippen molar-refractivity contribution in [2.45, 2.75) is 40.7 Å². The van der Waals surface area contributed by atoms with Gasteiger partial charge in [0.1, 0.15) is 5.75 Å². The third kappa shape index (κ3) is 3.79. The molecule has 2 rings (SSSR count). The molecule has 0 fully saturated rings. The van der Waals surface area contributed by atoms with Gasteiger partial charge in [-0.05, 0) is 75.7 Å². The summed E-state index contributed by atoms with van der Waals surface area (Å²) in [6, 6.07) is 3.81. The maximum absolute atomic E-state index is 13.1. The Morgan fingerprint density at radius 2 is 1.84 bits per heavy atom. The number of amides is 1. The van der Waals surface area contributed by atoms with Crippen LogP contribution < -0.4 is 15.4 Å². The van der Waals surface area contributed by atoms with Crippen LogP contribution in [0.15, 0.2) is 23.4 Å². The Balaban J connectivity index is 2.57. The van der Waals surface area contributed by atoms with Crippen molar-refractivity contribution in [2.24, 2.45) is 0 Å². The number of carbonyl (C=O) groups excluding carboxylic acids is 1. The van der Waals surface area contributed by atoms with Gasteiger partial charge in [-0.2, -0.15) is 0 Å². The number of ether oxygens (including phenoxy) is 1. The number of hydrogen-bond acceptors (Lipinski definition) is 3. The fraction of sp³-hybridized carbons (Fsp3) is 0.474. The number of allylic oxidation sites excluding steroid dienone is 1. The van der Waals surface area contributed by atoms with Crippen LogP contribution in [-0.4, -0.2) is 36.1 Å². The third-order valence-corrected chi connectivity index (χ3v) is 4.86. The lowest BCUT2D eigenvalue weighted by Gasteiger charge is -2.34. The summed E-state index contributed by atoms with van der Waals surface area (Å²) in [6.45, 7) is 11.3. The molecule has 0 saturated heterocycles. The molecule has 0 spiro atoms. The summed E-state index contributed by atoms with van der Waals surface area (Å²) in [4.78, 5) is 14.9. The number of benzene rings is 1. The first-order valence-corrected chi connectivity index (χ1v) is 8.97. The minimum Gasteiger partial charge on any atom is -0.496 e. The average Bonchev–Trinajstić information content (AvgIpc) is 2.56. The molecule has 0 aromatic heterocycles. The Kier molecular flexibility index (Phi) is 6.06. The van der Waals surface area contributed by atoms with E-state index < -0.39 is 0 Å². The number of thiocarbonyl (C=S) groups is 1. The molecule has 0 saturated carbocycles. The lowest BCUT2D eigenvalue weighted by Crippen LogP contribution is -2.47.